The smallest absolute Gasteiger partial charge is 0.253 e. The molecule has 3 aromatic rings. The number of amides is 1. The van der Waals surface area contributed by atoms with Crippen molar-refractivity contribution >= 4 is 28.1 Å². The summed E-state index contributed by atoms with van der Waals surface area (Å²) in [5.41, 5.74) is 2.38. The van der Waals surface area contributed by atoms with E-state index in [1.807, 2.05) is 48.7 Å². The number of rotatable bonds is 5. The van der Waals surface area contributed by atoms with Gasteiger partial charge in [-0.3, -0.25) is 9.59 Å². The van der Waals surface area contributed by atoms with Gasteiger partial charge in [-0.1, -0.05) is 17.7 Å². The van der Waals surface area contributed by atoms with E-state index in [-0.39, 0.29) is 18.0 Å². The maximum atomic E-state index is 13.0. The molecule has 3 heterocycles. The molecule has 4 rings (SSSR count). The number of thiophene rings is 1. The lowest BCUT2D eigenvalue weighted by Crippen LogP contribution is -2.39. The average Bonchev–Trinajstić information content (AvgIpc) is 3.35. The average molecular weight is 382 g/mol. The number of aromatic nitrogens is 1. The first-order valence-corrected chi connectivity index (χ1v) is 10.0. The quantitative estimate of drug-likeness (QED) is 0.733. The first-order valence-electron chi connectivity index (χ1n) is 9.15. The topological polar surface area (TPSA) is 62.4 Å². The summed E-state index contributed by atoms with van der Waals surface area (Å²) in [6, 6.07) is 11.8. The molecule has 0 aliphatic carbocycles. The lowest BCUT2D eigenvalue weighted by atomic mass is 10.1. The van der Waals surface area contributed by atoms with Gasteiger partial charge in [-0.05, 0) is 54.8 Å². The molecule has 1 atom stereocenters. The molecule has 1 aromatic carbocycles. The number of hydrogen-bond donors (Lipinski definition) is 1. The van der Waals surface area contributed by atoms with Crippen molar-refractivity contribution in [1.29, 1.82) is 0 Å². The molecular weight excluding hydrogens is 360 g/mol. The molecule has 140 valence electrons. The minimum Gasteiger partial charge on any atom is -0.368 e. The summed E-state index contributed by atoms with van der Waals surface area (Å²) in [7, 11) is 0. The fraction of sp³-hybridized carbons (Fsp3) is 0.333. The van der Waals surface area contributed by atoms with Crippen LogP contribution in [0.1, 0.15) is 28.8 Å². The normalized spacial score (nSPS) is 16.7. The molecule has 0 bridgehead atoms. The summed E-state index contributed by atoms with van der Waals surface area (Å²) in [5.74, 6) is -0.0374. The van der Waals surface area contributed by atoms with Gasteiger partial charge in [0.15, 0.2) is 0 Å². The molecule has 1 amide bonds. The van der Waals surface area contributed by atoms with Gasteiger partial charge in [0.1, 0.15) is 6.10 Å². The number of aromatic amines is 1. The number of fused-ring (bicyclic) bond motifs is 1. The number of aryl methyl sites for hydroxylation is 1. The van der Waals surface area contributed by atoms with Gasteiger partial charge < -0.3 is 14.6 Å². The Kier molecular flexibility index (Phi) is 5.09. The van der Waals surface area contributed by atoms with E-state index >= 15 is 0 Å². The van der Waals surface area contributed by atoms with E-state index in [1.54, 1.807) is 16.2 Å². The van der Waals surface area contributed by atoms with Crippen molar-refractivity contribution in [1.82, 2.24) is 9.88 Å². The summed E-state index contributed by atoms with van der Waals surface area (Å²) in [6.45, 7) is 3.41. The van der Waals surface area contributed by atoms with Crippen LogP contribution in [0.3, 0.4) is 0 Å². The molecule has 6 heteroatoms. The van der Waals surface area contributed by atoms with Crippen LogP contribution < -0.4 is 5.56 Å². The van der Waals surface area contributed by atoms with E-state index in [0.717, 1.165) is 34.2 Å². The van der Waals surface area contributed by atoms with E-state index in [0.29, 0.717) is 18.7 Å². The Bertz CT molecular complexity index is 1000. The maximum Gasteiger partial charge on any atom is 0.253 e. The molecule has 1 aliphatic rings. The van der Waals surface area contributed by atoms with Gasteiger partial charge in [0, 0.05) is 22.6 Å². The van der Waals surface area contributed by atoms with Crippen molar-refractivity contribution in [2.75, 3.05) is 6.61 Å². The van der Waals surface area contributed by atoms with Gasteiger partial charge in [0.25, 0.3) is 11.5 Å². The Labute approximate surface area is 161 Å². The predicted octanol–water partition coefficient (Wildman–Crippen LogP) is 3.61. The molecule has 0 spiro atoms. The van der Waals surface area contributed by atoms with E-state index < -0.39 is 6.10 Å². The van der Waals surface area contributed by atoms with Gasteiger partial charge in [0.2, 0.25) is 0 Å². The fourth-order valence-corrected chi connectivity index (χ4v) is 4.19. The van der Waals surface area contributed by atoms with Gasteiger partial charge in [-0.25, -0.2) is 0 Å². The van der Waals surface area contributed by atoms with Crippen molar-refractivity contribution in [3.8, 4) is 0 Å². The first kappa shape index (κ1) is 17.9. The maximum absolute atomic E-state index is 13.0. The molecule has 5 nitrogen and oxygen atoms in total. The van der Waals surface area contributed by atoms with E-state index in [4.69, 9.17) is 4.74 Å². The Morgan fingerprint density at radius 1 is 1.30 bits per heavy atom. The summed E-state index contributed by atoms with van der Waals surface area (Å²) in [4.78, 5) is 31.3. The highest BCUT2D eigenvalue weighted by Crippen LogP contribution is 2.21. The molecule has 2 aromatic heterocycles. The zero-order valence-electron chi connectivity index (χ0n) is 15.2. The Morgan fingerprint density at radius 2 is 2.19 bits per heavy atom. The molecule has 1 saturated heterocycles. The third-order valence-electron chi connectivity index (χ3n) is 4.88. The summed E-state index contributed by atoms with van der Waals surface area (Å²) in [5, 5.41) is 2.97. The third-order valence-corrected chi connectivity index (χ3v) is 5.74. The molecule has 0 saturated carbocycles. The molecule has 0 unspecified atom stereocenters. The SMILES string of the molecule is Cc1ccc2[nH]c(=O)c(CN(Cc3cccs3)C(=O)[C@H]3CCCO3)cc2c1. The number of carbonyl (C=O) groups is 1. The number of nitrogens with one attached hydrogen (secondary N) is 1. The van der Waals surface area contributed by atoms with Crippen molar-refractivity contribution < 1.29 is 9.53 Å². The van der Waals surface area contributed by atoms with Crippen LogP contribution in [-0.2, 0) is 22.6 Å². The van der Waals surface area contributed by atoms with Gasteiger partial charge in [-0.15, -0.1) is 11.3 Å². The van der Waals surface area contributed by atoms with Crippen molar-refractivity contribution in [3.63, 3.8) is 0 Å². The number of carbonyl (C=O) groups excluding carboxylic acids is 1. The van der Waals surface area contributed by atoms with Crippen LogP contribution >= 0.6 is 11.3 Å². The van der Waals surface area contributed by atoms with Crippen LogP contribution in [0.4, 0.5) is 0 Å². The molecular formula is C21H22N2O3S. The van der Waals surface area contributed by atoms with E-state index in [1.165, 1.54) is 0 Å². The van der Waals surface area contributed by atoms with Gasteiger partial charge in [-0.2, -0.15) is 0 Å². The minimum atomic E-state index is -0.397. The third kappa shape index (κ3) is 3.96. The summed E-state index contributed by atoms with van der Waals surface area (Å²) < 4.78 is 5.60. The number of H-pyrrole nitrogens is 1. The lowest BCUT2D eigenvalue weighted by Gasteiger charge is -2.25. The zero-order valence-corrected chi connectivity index (χ0v) is 16.1. The minimum absolute atomic E-state index is 0.0374. The molecule has 1 N–H and O–H groups in total. The van der Waals surface area contributed by atoms with Crippen LogP contribution in [0.2, 0.25) is 0 Å². The van der Waals surface area contributed by atoms with Crippen molar-refractivity contribution in [2.24, 2.45) is 0 Å². The van der Waals surface area contributed by atoms with E-state index in [9.17, 15) is 9.59 Å². The van der Waals surface area contributed by atoms with Crippen LogP contribution in [-0.4, -0.2) is 28.5 Å². The predicted molar refractivity (Wildman–Crippen MR) is 107 cm³/mol. The molecule has 1 aliphatic heterocycles. The van der Waals surface area contributed by atoms with Gasteiger partial charge in [0.05, 0.1) is 13.1 Å². The summed E-state index contributed by atoms with van der Waals surface area (Å²) >= 11 is 1.61. The second-order valence-corrected chi connectivity index (χ2v) is 8.02. The second-order valence-electron chi connectivity index (χ2n) is 6.99. The molecule has 27 heavy (non-hydrogen) atoms. The van der Waals surface area contributed by atoms with Crippen LogP contribution in [0.5, 0.6) is 0 Å². The van der Waals surface area contributed by atoms with Crippen LogP contribution in [0.15, 0.2) is 46.6 Å². The standard InChI is InChI=1S/C21H22N2O3S/c1-14-6-7-18-15(10-14)11-16(20(24)22-18)12-23(13-17-4-3-9-27-17)21(25)19-5-2-8-26-19/h3-4,6-7,9-11,19H,2,5,8,12-13H2,1H3,(H,22,24)/t19-/m1/s1. The zero-order chi connectivity index (χ0) is 18.8. The summed E-state index contributed by atoms with van der Waals surface area (Å²) in [6.07, 6.45) is 1.25. The molecule has 1 fully saturated rings. The number of ether oxygens (including phenoxy) is 1. The highest BCUT2D eigenvalue weighted by Gasteiger charge is 2.29. The number of benzene rings is 1. The number of pyridine rings is 1. The first-order chi connectivity index (χ1) is 13.1. The highest BCUT2D eigenvalue weighted by molar-refractivity contribution is 7.09. The van der Waals surface area contributed by atoms with Crippen LogP contribution in [0.25, 0.3) is 10.9 Å². The largest absolute Gasteiger partial charge is 0.368 e. The number of hydrogen-bond acceptors (Lipinski definition) is 4. The highest BCUT2D eigenvalue weighted by atomic mass is 32.1. The molecule has 0 radical (unpaired) electrons. The Balaban J connectivity index is 1.65. The van der Waals surface area contributed by atoms with E-state index in [2.05, 4.69) is 4.98 Å². The Morgan fingerprint density at radius 3 is 2.93 bits per heavy atom. The fourth-order valence-electron chi connectivity index (χ4n) is 3.47. The van der Waals surface area contributed by atoms with Crippen molar-refractivity contribution in [2.45, 2.75) is 39.0 Å². The van der Waals surface area contributed by atoms with Crippen LogP contribution in [0, 0.1) is 6.92 Å². The Hall–Kier alpha value is -2.44. The van der Waals surface area contributed by atoms with Gasteiger partial charge >= 0.3 is 0 Å². The monoisotopic (exact) mass is 382 g/mol. The number of nitrogens with zero attached hydrogens (tertiary/aromatic N) is 1. The lowest BCUT2D eigenvalue weighted by molar-refractivity contribution is -0.142. The van der Waals surface area contributed by atoms with Crippen molar-refractivity contribution in [3.05, 3.63) is 68.1 Å². The second kappa shape index (κ2) is 7.66.